The van der Waals surface area contributed by atoms with Gasteiger partial charge in [0.05, 0.1) is 19.3 Å². The van der Waals surface area contributed by atoms with Gasteiger partial charge in [-0.1, -0.05) is 50.1 Å². The summed E-state index contributed by atoms with van der Waals surface area (Å²) in [6, 6.07) is 9.52. The van der Waals surface area contributed by atoms with Gasteiger partial charge in [-0.05, 0) is 37.8 Å². The molecule has 4 heteroatoms. The van der Waals surface area contributed by atoms with Gasteiger partial charge in [-0.2, -0.15) is 0 Å². The van der Waals surface area contributed by atoms with Crippen molar-refractivity contribution in [1.82, 2.24) is 0 Å². The van der Waals surface area contributed by atoms with Gasteiger partial charge in [-0.25, -0.2) is 4.79 Å². The smallest absolute Gasteiger partial charge is 0.373 e. The summed E-state index contributed by atoms with van der Waals surface area (Å²) in [5.41, 5.74) is 0.888. The minimum Gasteiger partial charge on any atom is -0.487 e. The quantitative estimate of drug-likeness (QED) is 0.290. The first-order chi connectivity index (χ1) is 11.2. The molecule has 0 aliphatic heterocycles. The maximum absolute atomic E-state index is 12.0. The van der Waals surface area contributed by atoms with Crippen LogP contribution in [0.3, 0.4) is 0 Å². The highest BCUT2D eigenvalue weighted by molar-refractivity contribution is 5.91. The molecule has 0 heterocycles. The lowest BCUT2D eigenvalue weighted by molar-refractivity contribution is -0.142. The molecule has 0 fully saturated rings. The molecule has 0 aliphatic rings. The summed E-state index contributed by atoms with van der Waals surface area (Å²) in [5, 5.41) is 9.81. The molecule has 0 aromatic heterocycles. The molecular formula is C19H28O4. The number of benzene rings is 1. The SMILES string of the molecule is CCCCC(O)CCCOC(=Cc1ccccc1)C(=O)OCC. The molecule has 23 heavy (non-hydrogen) atoms. The van der Waals surface area contributed by atoms with Crippen molar-refractivity contribution in [3.05, 3.63) is 41.7 Å². The van der Waals surface area contributed by atoms with Gasteiger partial charge in [-0.15, -0.1) is 0 Å². The van der Waals surface area contributed by atoms with E-state index < -0.39 is 5.97 Å². The highest BCUT2D eigenvalue weighted by Crippen LogP contribution is 2.12. The maximum Gasteiger partial charge on any atom is 0.373 e. The summed E-state index contributed by atoms with van der Waals surface area (Å²) >= 11 is 0. The van der Waals surface area contributed by atoms with Crippen molar-refractivity contribution >= 4 is 12.0 Å². The minimum atomic E-state index is -0.456. The van der Waals surface area contributed by atoms with E-state index in [9.17, 15) is 9.90 Å². The zero-order valence-corrected chi connectivity index (χ0v) is 14.2. The molecule has 0 radical (unpaired) electrons. The zero-order valence-electron chi connectivity index (χ0n) is 14.2. The van der Waals surface area contributed by atoms with Gasteiger partial charge in [0.1, 0.15) is 0 Å². The third-order valence-corrected chi connectivity index (χ3v) is 3.40. The Kier molecular flexibility index (Phi) is 9.80. The zero-order chi connectivity index (χ0) is 16.9. The van der Waals surface area contributed by atoms with Crippen LogP contribution < -0.4 is 0 Å². The average Bonchev–Trinajstić information content (AvgIpc) is 2.56. The van der Waals surface area contributed by atoms with Crippen molar-refractivity contribution < 1.29 is 19.4 Å². The molecule has 4 nitrogen and oxygen atoms in total. The Bertz CT molecular complexity index is 468. The van der Waals surface area contributed by atoms with Crippen LogP contribution in [0.2, 0.25) is 0 Å². The number of aliphatic hydroxyl groups is 1. The number of rotatable bonds is 11. The van der Waals surface area contributed by atoms with Crippen LogP contribution in [-0.2, 0) is 14.3 Å². The Morgan fingerprint density at radius 3 is 2.48 bits per heavy atom. The molecule has 1 aromatic carbocycles. The maximum atomic E-state index is 12.0. The lowest BCUT2D eigenvalue weighted by Gasteiger charge is -2.12. The summed E-state index contributed by atoms with van der Waals surface area (Å²) in [7, 11) is 0. The van der Waals surface area contributed by atoms with E-state index in [4.69, 9.17) is 9.47 Å². The highest BCUT2D eigenvalue weighted by atomic mass is 16.6. The van der Waals surface area contributed by atoms with Gasteiger partial charge in [0.2, 0.25) is 5.76 Å². The van der Waals surface area contributed by atoms with Crippen LogP contribution in [0.25, 0.3) is 6.08 Å². The molecule has 1 N–H and O–H groups in total. The number of carbonyl (C=O) groups is 1. The van der Waals surface area contributed by atoms with Gasteiger partial charge < -0.3 is 14.6 Å². The van der Waals surface area contributed by atoms with E-state index in [0.29, 0.717) is 26.1 Å². The van der Waals surface area contributed by atoms with Crippen molar-refractivity contribution in [3.8, 4) is 0 Å². The molecule has 0 amide bonds. The van der Waals surface area contributed by atoms with E-state index in [1.165, 1.54) is 0 Å². The second-order valence-electron chi connectivity index (χ2n) is 5.43. The van der Waals surface area contributed by atoms with Gasteiger partial charge in [0.15, 0.2) is 0 Å². The molecule has 0 saturated heterocycles. The van der Waals surface area contributed by atoms with Crippen LogP contribution in [0.5, 0.6) is 0 Å². The van der Waals surface area contributed by atoms with E-state index in [0.717, 1.165) is 24.8 Å². The van der Waals surface area contributed by atoms with E-state index in [2.05, 4.69) is 6.92 Å². The fourth-order valence-corrected chi connectivity index (χ4v) is 2.15. The fraction of sp³-hybridized carbons (Fsp3) is 0.526. The summed E-state index contributed by atoms with van der Waals surface area (Å²) < 4.78 is 10.6. The third kappa shape index (κ3) is 8.41. The molecular weight excluding hydrogens is 292 g/mol. The number of aliphatic hydroxyl groups excluding tert-OH is 1. The summed E-state index contributed by atoms with van der Waals surface area (Å²) in [5.74, 6) is -0.246. The minimum absolute atomic E-state index is 0.209. The first-order valence-electron chi connectivity index (χ1n) is 8.42. The Morgan fingerprint density at radius 1 is 1.13 bits per heavy atom. The number of unbranched alkanes of at least 4 members (excludes halogenated alkanes) is 1. The van der Waals surface area contributed by atoms with Crippen molar-refractivity contribution in [1.29, 1.82) is 0 Å². The molecule has 0 spiro atoms. The number of carbonyl (C=O) groups excluding carboxylic acids is 1. The molecule has 128 valence electrons. The van der Waals surface area contributed by atoms with Crippen LogP contribution in [-0.4, -0.2) is 30.4 Å². The summed E-state index contributed by atoms with van der Waals surface area (Å²) in [4.78, 5) is 12.0. The van der Waals surface area contributed by atoms with Gasteiger partial charge in [-0.3, -0.25) is 0 Å². The monoisotopic (exact) mass is 320 g/mol. The topological polar surface area (TPSA) is 55.8 Å². The van der Waals surface area contributed by atoms with E-state index in [1.54, 1.807) is 13.0 Å². The number of hydrogen-bond donors (Lipinski definition) is 1. The molecule has 1 atom stereocenters. The van der Waals surface area contributed by atoms with E-state index >= 15 is 0 Å². The van der Waals surface area contributed by atoms with Crippen LogP contribution in [0.15, 0.2) is 36.1 Å². The van der Waals surface area contributed by atoms with Crippen molar-refractivity contribution in [2.24, 2.45) is 0 Å². The van der Waals surface area contributed by atoms with Crippen molar-refractivity contribution in [2.45, 2.75) is 52.1 Å². The standard InChI is InChI=1S/C19H28O4/c1-3-5-12-17(20)13-9-14-23-18(19(21)22-4-2)15-16-10-7-6-8-11-16/h6-8,10-11,15,17,20H,3-5,9,12-14H2,1-2H3. The average molecular weight is 320 g/mol. The number of ether oxygens (including phenoxy) is 2. The molecule has 0 bridgehead atoms. The van der Waals surface area contributed by atoms with Gasteiger partial charge in [0.25, 0.3) is 0 Å². The predicted molar refractivity (Wildman–Crippen MR) is 91.8 cm³/mol. The number of esters is 1. The Morgan fingerprint density at radius 2 is 1.83 bits per heavy atom. The first-order valence-corrected chi connectivity index (χ1v) is 8.42. The lowest BCUT2D eigenvalue weighted by atomic mass is 10.1. The molecule has 0 saturated carbocycles. The van der Waals surface area contributed by atoms with Crippen LogP contribution >= 0.6 is 0 Å². The Labute approximate surface area is 139 Å². The Balaban J connectivity index is 2.51. The molecule has 1 aromatic rings. The lowest BCUT2D eigenvalue weighted by Crippen LogP contribution is -2.13. The van der Waals surface area contributed by atoms with Crippen molar-refractivity contribution in [2.75, 3.05) is 13.2 Å². The molecule has 1 unspecified atom stereocenters. The van der Waals surface area contributed by atoms with E-state index in [-0.39, 0.29) is 11.9 Å². The number of hydrogen-bond acceptors (Lipinski definition) is 4. The third-order valence-electron chi connectivity index (χ3n) is 3.40. The van der Waals surface area contributed by atoms with Crippen LogP contribution in [0.4, 0.5) is 0 Å². The second-order valence-corrected chi connectivity index (χ2v) is 5.43. The molecule has 0 aliphatic carbocycles. The second kappa shape index (κ2) is 11.7. The Hall–Kier alpha value is -1.81. The predicted octanol–water partition coefficient (Wildman–Crippen LogP) is 3.94. The van der Waals surface area contributed by atoms with Crippen LogP contribution in [0, 0.1) is 0 Å². The normalized spacial score (nSPS) is 12.7. The fourth-order valence-electron chi connectivity index (χ4n) is 2.15. The largest absolute Gasteiger partial charge is 0.487 e. The summed E-state index contributed by atoms with van der Waals surface area (Å²) in [6.07, 6.45) is 5.72. The van der Waals surface area contributed by atoms with Crippen LogP contribution in [0.1, 0.15) is 51.5 Å². The first kappa shape index (κ1) is 19.2. The highest BCUT2D eigenvalue weighted by Gasteiger charge is 2.13. The molecule has 1 rings (SSSR count). The summed E-state index contributed by atoms with van der Waals surface area (Å²) in [6.45, 7) is 4.57. The van der Waals surface area contributed by atoms with E-state index in [1.807, 2.05) is 30.3 Å². The van der Waals surface area contributed by atoms with Gasteiger partial charge in [0, 0.05) is 0 Å². The van der Waals surface area contributed by atoms with Crippen molar-refractivity contribution in [3.63, 3.8) is 0 Å². The van der Waals surface area contributed by atoms with Gasteiger partial charge >= 0.3 is 5.97 Å².